The summed E-state index contributed by atoms with van der Waals surface area (Å²) in [5.74, 6) is 0. The third kappa shape index (κ3) is 3.69. The van der Waals surface area contributed by atoms with Crippen molar-refractivity contribution in [3.8, 4) is 0 Å². The van der Waals surface area contributed by atoms with Crippen LogP contribution in [0.3, 0.4) is 0 Å². The second-order valence-corrected chi connectivity index (χ2v) is 9.51. The van der Waals surface area contributed by atoms with Crippen LogP contribution in [0.25, 0.3) is 0 Å². The van der Waals surface area contributed by atoms with Crippen molar-refractivity contribution in [1.29, 1.82) is 0 Å². The molecule has 0 N–H and O–H groups in total. The molecule has 0 atom stereocenters. The minimum atomic E-state index is -3.21. The van der Waals surface area contributed by atoms with E-state index in [1.165, 1.54) is 16.9 Å². The second kappa shape index (κ2) is 6.66. The molecule has 0 aliphatic carbocycles. The molecule has 0 saturated heterocycles. The van der Waals surface area contributed by atoms with Gasteiger partial charge in [-0.15, -0.1) is 0 Å². The van der Waals surface area contributed by atoms with Gasteiger partial charge in [0.15, 0.2) is 9.84 Å². The Morgan fingerprint density at radius 3 is 1.61 bits per heavy atom. The van der Waals surface area contributed by atoms with Gasteiger partial charge in [-0.05, 0) is 36.0 Å². The van der Waals surface area contributed by atoms with E-state index >= 15 is 0 Å². The molecule has 3 rings (SSSR count). The van der Waals surface area contributed by atoms with Gasteiger partial charge in [0, 0.05) is 6.26 Å². The third-order valence-electron chi connectivity index (χ3n) is 3.53. The Balaban J connectivity index is 2.17. The highest BCUT2D eigenvalue weighted by Gasteiger charge is 2.18. The first-order valence-corrected chi connectivity index (χ1v) is 10.5. The topological polar surface area (TPSA) is 34.1 Å². The number of hydrogen-bond acceptors (Lipinski definition) is 2. The summed E-state index contributed by atoms with van der Waals surface area (Å²) in [5, 5.41) is 3.46. The molecule has 0 aliphatic heterocycles. The summed E-state index contributed by atoms with van der Waals surface area (Å²) in [4.78, 5) is 0.370. The molecule has 0 aromatic heterocycles. The van der Waals surface area contributed by atoms with Crippen molar-refractivity contribution in [2.24, 2.45) is 0 Å². The van der Waals surface area contributed by atoms with Crippen LogP contribution in [-0.4, -0.2) is 14.7 Å². The first-order valence-electron chi connectivity index (χ1n) is 7.26. The summed E-state index contributed by atoms with van der Waals surface area (Å²) in [6, 6.07) is 27.8. The van der Waals surface area contributed by atoms with Crippen LogP contribution in [0.4, 0.5) is 0 Å². The van der Waals surface area contributed by atoms with Gasteiger partial charge >= 0.3 is 0 Å². The van der Waals surface area contributed by atoms with Crippen LogP contribution in [0.2, 0.25) is 0 Å². The number of hydrogen-bond donors (Lipinski definition) is 0. The highest BCUT2D eigenvalue weighted by Crippen LogP contribution is 2.33. The molecule has 3 aromatic rings. The zero-order valence-electron chi connectivity index (χ0n) is 12.8. The molecule has 116 valence electrons. The molecular formula is C19H17O2PS. The van der Waals surface area contributed by atoms with Gasteiger partial charge in [0.1, 0.15) is 0 Å². The molecule has 0 unspecified atom stereocenters. The van der Waals surface area contributed by atoms with Gasteiger partial charge in [0.2, 0.25) is 0 Å². The second-order valence-electron chi connectivity index (χ2n) is 5.28. The molecule has 0 fully saturated rings. The summed E-state index contributed by atoms with van der Waals surface area (Å²) in [7, 11) is -3.99. The largest absolute Gasteiger partial charge is 0.224 e. The van der Waals surface area contributed by atoms with Crippen molar-refractivity contribution in [2.75, 3.05) is 6.26 Å². The lowest BCUT2D eigenvalue weighted by atomic mass is 10.3. The summed E-state index contributed by atoms with van der Waals surface area (Å²) in [6.45, 7) is 0. The molecular weight excluding hydrogens is 323 g/mol. The van der Waals surface area contributed by atoms with Crippen LogP contribution in [-0.2, 0) is 9.84 Å². The van der Waals surface area contributed by atoms with Crippen molar-refractivity contribution in [3.63, 3.8) is 0 Å². The summed E-state index contributed by atoms with van der Waals surface area (Å²) in [6.07, 6.45) is 1.25. The first kappa shape index (κ1) is 15.9. The number of benzene rings is 3. The van der Waals surface area contributed by atoms with Gasteiger partial charge in [0.05, 0.1) is 4.90 Å². The Bertz CT molecular complexity index is 851. The molecule has 0 radical (unpaired) electrons. The van der Waals surface area contributed by atoms with Crippen molar-refractivity contribution in [3.05, 3.63) is 84.9 Å². The quantitative estimate of drug-likeness (QED) is 0.685. The number of rotatable bonds is 4. The fraction of sp³-hybridized carbons (Fsp3) is 0.0526. The van der Waals surface area contributed by atoms with Crippen LogP contribution < -0.4 is 15.9 Å². The molecule has 3 aromatic carbocycles. The normalized spacial score (nSPS) is 11.6. The smallest absolute Gasteiger partial charge is 0.175 e. The molecule has 0 bridgehead atoms. The van der Waals surface area contributed by atoms with Crippen LogP contribution >= 0.6 is 7.92 Å². The maximum absolute atomic E-state index is 11.9. The van der Waals surface area contributed by atoms with E-state index in [2.05, 4.69) is 24.3 Å². The lowest BCUT2D eigenvalue weighted by Gasteiger charge is -2.19. The average molecular weight is 340 g/mol. The monoisotopic (exact) mass is 340 g/mol. The Morgan fingerprint density at radius 2 is 1.13 bits per heavy atom. The summed E-state index contributed by atoms with van der Waals surface area (Å²) >= 11 is 0. The van der Waals surface area contributed by atoms with E-state index in [-0.39, 0.29) is 0 Å². The van der Waals surface area contributed by atoms with Crippen LogP contribution in [0.1, 0.15) is 0 Å². The average Bonchev–Trinajstić information content (AvgIpc) is 2.57. The predicted octanol–water partition coefficient (Wildman–Crippen LogP) is 2.85. The summed E-state index contributed by atoms with van der Waals surface area (Å²) in [5.41, 5.74) is 0. The standard InChI is InChI=1S/C19H17O2PS/c1-23(20,21)19-14-8-13-18(15-19)22(16-9-4-2-5-10-16)17-11-6-3-7-12-17/h2-15H,1H3. The highest BCUT2D eigenvalue weighted by atomic mass is 32.2. The molecule has 0 amide bonds. The van der Waals surface area contributed by atoms with Crippen molar-refractivity contribution < 1.29 is 8.42 Å². The van der Waals surface area contributed by atoms with Crippen molar-refractivity contribution in [2.45, 2.75) is 4.90 Å². The lowest BCUT2D eigenvalue weighted by Crippen LogP contribution is -2.21. The molecule has 0 saturated carbocycles. The fourth-order valence-corrected chi connectivity index (χ4v) is 5.55. The summed E-state index contributed by atoms with van der Waals surface area (Å²) < 4.78 is 23.8. The van der Waals surface area contributed by atoms with E-state index in [1.54, 1.807) is 12.1 Å². The van der Waals surface area contributed by atoms with E-state index in [0.29, 0.717) is 4.90 Å². The minimum Gasteiger partial charge on any atom is -0.224 e. The van der Waals surface area contributed by atoms with Crippen LogP contribution in [0, 0.1) is 0 Å². The SMILES string of the molecule is CS(=O)(=O)c1cccc(P(c2ccccc2)c2ccccc2)c1. The van der Waals surface area contributed by atoms with Crippen LogP contribution in [0.15, 0.2) is 89.8 Å². The van der Waals surface area contributed by atoms with Crippen LogP contribution in [0.5, 0.6) is 0 Å². The molecule has 0 heterocycles. The maximum Gasteiger partial charge on any atom is 0.175 e. The van der Waals surface area contributed by atoms with E-state index in [4.69, 9.17) is 0 Å². The van der Waals surface area contributed by atoms with E-state index in [1.807, 2.05) is 48.5 Å². The highest BCUT2D eigenvalue weighted by molar-refractivity contribution is 7.90. The van der Waals surface area contributed by atoms with Gasteiger partial charge < -0.3 is 0 Å². The molecule has 4 heteroatoms. The van der Waals surface area contributed by atoms with E-state index < -0.39 is 17.8 Å². The third-order valence-corrected chi connectivity index (χ3v) is 7.07. The van der Waals surface area contributed by atoms with Gasteiger partial charge in [-0.2, -0.15) is 0 Å². The zero-order chi connectivity index (χ0) is 16.3. The predicted molar refractivity (Wildman–Crippen MR) is 98.3 cm³/mol. The molecule has 2 nitrogen and oxygen atoms in total. The maximum atomic E-state index is 11.9. The lowest BCUT2D eigenvalue weighted by molar-refractivity contribution is 0.602. The van der Waals surface area contributed by atoms with Crippen molar-refractivity contribution in [1.82, 2.24) is 0 Å². The van der Waals surface area contributed by atoms with Gasteiger partial charge in [0.25, 0.3) is 0 Å². The molecule has 23 heavy (non-hydrogen) atoms. The fourth-order valence-electron chi connectivity index (χ4n) is 2.45. The Kier molecular flexibility index (Phi) is 4.61. The first-order chi connectivity index (χ1) is 11.1. The van der Waals surface area contributed by atoms with Gasteiger partial charge in [-0.3, -0.25) is 0 Å². The number of sulfone groups is 1. The molecule has 0 spiro atoms. The Hall–Kier alpha value is -1.96. The van der Waals surface area contributed by atoms with E-state index in [9.17, 15) is 8.42 Å². The van der Waals surface area contributed by atoms with E-state index in [0.717, 1.165) is 5.30 Å². The van der Waals surface area contributed by atoms with Crippen molar-refractivity contribution >= 4 is 33.7 Å². The Labute approximate surface area is 138 Å². The van der Waals surface area contributed by atoms with Gasteiger partial charge in [-0.1, -0.05) is 72.8 Å². The zero-order valence-corrected chi connectivity index (χ0v) is 14.5. The minimum absolute atomic E-state index is 0.370. The Morgan fingerprint density at radius 1 is 0.652 bits per heavy atom. The molecule has 0 aliphatic rings. The van der Waals surface area contributed by atoms with Gasteiger partial charge in [-0.25, -0.2) is 8.42 Å².